The van der Waals surface area contributed by atoms with Gasteiger partial charge in [0.1, 0.15) is 0 Å². The molecule has 3 N–H and O–H groups in total. The zero-order chi connectivity index (χ0) is 18.6. The number of aliphatic carboxylic acids is 1. The highest BCUT2D eigenvalue weighted by molar-refractivity contribution is 5.72. The van der Waals surface area contributed by atoms with Gasteiger partial charge in [0.05, 0.1) is 5.92 Å². The maximum atomic E-state index is 12.1. The predicted molar refractivity (Wildman–Crippen MR) is 101 cm³/mol. The van der Waals surface area contributed by atoms with E-state index in [1.807, 2.05) is 0 Å². The Kier molecular flexibility index (Phi) is 5.29. The van der Waals surface area contributed by atoms with Gasteiger partial charge in [-0.25, -0.2) is 0 Å². The van der Waals surface area contributed by atoms with E-state index in [1.165, 1.54) is 11.1 Å². The number of carbonyl (C=O) groups is 1. The number of carboxylic acids is 1. The molecule has 7 nitrogen and oxygen atoms in total. The quantitative estimate of drug-likeness (QED) is 0.694. The molecule has 1 aromatic carbocycles. The average Bonchev–Trinajstić information content (AvgIpc) is 3.43. The molecule has 0 radical (unpaired) electrons. The standard InChI is InChI=1S/C20H25N5O2/c26-20(27)18(15-3-1-2-4-15)17(19-22-24-25-23-19)11-13-5-7-14(8-6-13)16-9-10-21-12-16/h5-9,15,17-18,21H,1-4,10-12H2,(H,26,27)(H,22,23,24,25)/t17-,18-/m0/s1. The van der Waals surface area contributed by atoms with Gasteiger partial charge in [0.2, 0.25) is 0 Å². The highest BCUT2D eigenvalue weighted by atomic mass is 16.4. The molecule has 1 saturated carbocycles. The van der Waals surface area contributed by atoms with E-state index < -0.39 is 11.9 Å². The van der Waals surface area contributed by atoms with Gasteiger partial charge in [-0.05, 0) is 41.9 Å². The van der Waals surface area contributed by atoms with E-state index in [9.17, 15) is 9.90 Å². The number of benzene rings is 1. The topological polar surface area (TPSA) is 104 Å². The minimum Gasteiger partial charge on any atom is -0.481 e. The van der Waals surface area contributed by atoms with Crippen LogP contribution in [0.1, 0.15) is 48.6 Å². The van der Waals surface area contributed by atoms with E-state index in [1.54, 1.807) is 0 Å². The van der Waals surface area contributed by atoms with Crippen LogP contribution in [0.25, 0.3) is 5.57 Å². The molecule has 7 heteroatoms. The van der Waals surface area contributed by atoms with Gasteiger partial charge in [0.15, 0.2) is 5.82 Å². The normalized spacial score (nSPS) is 19.8. The SMILES string of the molecule is O=C(O)[C@@H](C1CCCC1)[C@H](Cc1ccc(C2=CCNC2)cc1)c1nn[nH]n1. The Balaban J connectivity index is 1.58. The smallest absolute Gasteiger partial charge is 0.307 e. The summed E-state index contributed by atoms with van der Waals surface area (Å²) in [5.41, 5.74) is 3.63. The van der Waals surface area contributed by atoms with Crippen molar-refractivity contribution in [2.45, 2.75) is 38.0 Å². The van der Waals surface area contributed by atoms with E-state index in [2.05, 4.69) is 56.3 Å². The second-order valence-corrected chi connectivity index (χ2v) is 7.55. The molecular weight excluding hydrogens is 342 g/mol. The fourth-order valence-electron chi connectivity index (χ4n) is 4.53. The molecule has 1 aliphatic heterocycles. The van der Waals surface area contributed by atoms with Gasteiger partial charge in [0, 0.05) is 19.0 Å². The van der Waals surface area contributed by atoms with Gasteiger partial charge in [-0.3, -0.25) is 4.79 Å². The van der Waals surface area contributed by atoms with Crippen LogP contribution in [0.2, 0.25) is 0 Å². The van der Waals surface area contributed by atoms with Crippen LogP contribution in [0.15, 0.2) is 30.3 Å². The summed E-state index contributed by atoms with van der Waals surface area (Å²) in [5, 5.41) is 27.7. The second-order valence-electron chi connectivity index (χ2n) is 7.55. The van der Waals surface area contributed by atoms with Crippen molar-refractivity contribution in [2.75, 3.05) is 13.1 Å². The molecule has 2 aromatic rings. The van der Waals surface area contributed by atoms with Crippen LogP contribution in [0, 0.1) is 11.8 Å². The molecule has 2 atom stereocenters. The first-order valence-electron chi connectivity index (χ1n) is 9.67. The lowest BCUT2D eigenvalue weighted by molar-refractivity contribution is -0.144. The Morgan fingerprint density at radius 2 is 2.00 bits per heavy atom. The minimum absolute atomic E-state index is 0.181. The predicted octanol–water partition coefficient (Wildman–Crippen LogP) is 2.40. The Bertz CT molecular complexity index is 794. The van der Waals surface area contributed by atoms with Crippen molar-refractivity contribution in [2.24, 2.45) is 11.8 Å². The van der Waals surface area contributed by atoms with Crippen LogP contribution in [-0.4, -0.2) is 44.8 Å². The van der Waals surface area contributed by atoms with Crippen molar-refractivity contribution >= 4 is 11.5 Å². The molecule has 0 amide bonds. The summed E-state index contributed by atoms with van der Waals surface area (Å²) in [6.45, 7) is 1.81. The number of hydrogen-bond donors (Lipinski definition) is 3. The monoisotopic (exact) mass is 367 g/mol. The second kappa shape index (κ2) is 8.00. The fourth-order valence-corrected chi connectivity index (χ4v) is 4.53. The van der Waals surface area contributed by atoms with Gasteiger partial charge in [-0.1, -0.05) is 48.4 Å². The van der Waals surface area contributed by atoms with Crippen LogP contribution in [0.4, 0.5) is 0 Å². The van der Waals surface area contributed by atoms with Crippen LogP contribution in [-0.2, 0) is 11.2 Å². The van der Waals surface area contributed by atoms with Crippen molar-refractivity contribution in [1.82, 2.24) is 25.9 Å². The zero-order valence-electron chi connectivity index (χ0n) is 15.3. The van der Waals surface area contributed by atoms with Crippen molar-refractivity contribution in [3.8, 4) is 0 Å². The molecule has 1 aromatic heterocycles. The molecule has 4 rings (SSSR count). The van der Waals surface area contributed by atoms with E-state index >= 15 is 0 Å². The van der Waals surface area contributed by atoms with Gasteiger partial charge < -0.3 is 10.4 Å². The first kappa shape index (κ1) is 17.9. The van der Waals surface area contributed by atoms with Gasteiger partial charge in [0.25, 0.3) is 0 Å². The molecule has 0 unspecified atom stereocenters. The van der Waals surface area contributed by atoms with Crippen LogP contribution < -0.4 is 5.32 Å². The van der Waals surface area contributed by atoms with Gasteiger partial charge in [-0.15, -0.1) is 10.2 Å². The molecule has 1 fully saturated rings. The Morgan fingerprint density at radius 1 is 1.22 bits per heavy atom. The van der Waals surface area contributed by atoms with E-state index in [0.29, 0.717) is 12.2 Å². The lowest BCUT2D eigenvalue weighted by atomic mass is 9.77. The number of H-pyrrole nitrogens is 1. The number of hydrogen-bond acceptors (Lipinski definition) is 5. The molecule has 142 valence electrons. The third kappa shape index (κ3) is 3.93. The molecule has 0 bridgehead atoms. The summed E-state index contributed by atoms with van der Waals surface area (Å²) in [4.78, 5) is 12.1. The third-order valence-electron chi connectivity index (χ3n) is 5.91. The summed E-state index contributed by atoms with van der Waals surface area (Å²) >= 11 is 0. The summed E-state index contributed by atoms with van der Waals surface area (Å²) in [7, 11) is 0. The summed E-state index contributed by atoms with van der Waals surface area (Å²) < 4.78 is 0. The molecule has 0 spiro atoms. The maximum absolute atomic E-state index is 12.1. The Morgan fingerprint density at radius 3 is 2.59 bits per heavy atom. The molecule has 2 heterocycles. The number of aromatic nitrogens is 4. The third-order valence-corrected chi connectivity index (χ3v) is 5.91. The van der Waals surface area contributed by atoms with Crippen molar-refractivity contribution < 1.29 is 9.90 Å². The van der Waals surface area contributed by atoms with Crippen LogP contribution >= 0.6 is 0 Å². The summed E-state index contributed by atoms with van der Waals surface area (Å²) in [5.74, 6) is -0.828. The summed E-state index contributed by atoms with van der Waals surface area (Å²) in [6, 6.07) is 8.42. The number of nitrogens with one attached hydrogen (secondary N) is 2. The van der Waals surface area contributed by atoms with Crippen LogP contribution in [0.3, 0.4) is 0 Å². The van der Waals surface area contributed by atoms with E-state index in [0.717, 1.165) is 44.3 Å². The zero-order valence-corrected chi connectivity index (χ0v) is 15.3. The first-order valence-corrected chi connectivity index (χ1v) is 9.67. The molecule has 0 saturated heterocycles. The Labute approximate surface area is 158 Å². The molecule has 1 aliphatic carbocycles. The fraction of sp³-hybridized carbons (Fsp3) is 0.500. The van der Waals surface area contributed by atoms with Crippen LogP contribution in [0.5, 0.6) is 0 Å². The average molecular weight is 367 g/mol. The summed E-state index contributed by atoms with van der Waals surface area (Å²) in [6.07, 6.45) is 6.94. The van der Waals surface area contributed by atoms with Gasteiger partial charge in [-0.2, -0.15) is 5.21 Å². The molecular formula is C20H25N5O2. The number of tetrazole rings is 1. The minimum atomic E-state index is -0.754. The van der Waals surface area contributed by atoms with Crippen molar-refractivity contribution in [1.29, 1.82) is 0 Å². The van der Waals surface area contributed by atoms with E-state index in [4.69, 9.17) is 0 Å². The van der Waals surface area contributed by atoms with Crippen molar-refractivity contribution in [3.63, 3.8) is 0 Å². The lowest BCUT2D eigenvalue weighted by Crippen LogP contribution is -2.30. The number of carboxylic acid groups (broad SMARTS) is 1. The highest BCUT2D eigenvalue weighted by Crippen LogP contribution is 2.40. The van der Waals surface area contributed by atoms with E-state index in [-0.39, 0.29) is 11.8 Å². The largest absolute Gasteiger partial charge is 0.481 e. The lowest BCUT2D eigenvalue weighted by Gasteiger charge is -2.26. The Hall–Kier alpha value is -2.54. The van der Waals surface area contributed by atoms with Crippen molar-refractivity contribution in [3.05, 3.63) is 47.3 Å². The number of nitrogens with zero attached hydrogens (tertiary/aromatic N) is 3. The molecule has 27 heavy (non-hydrogen) atoms. The van der Waals surface area contributed by atoms with Gasteiger partial charge >= 0.3 is 5.97 Å². The first-order chi connectivity index (χ1) is 13.2. The maximum Gasteiger partial charge on any atom is 0.307 e. The number of rotatable bonds is 7. The highest BCUT2D eigenvalue weighted by Gasteiger charge is 2.39. The molecule has 2 aliphatic rings. The number of aromatic amines is 1.